The number of aliphatic hydroxyl groups excluding tert-OH is 1. The highest BCUT2D eigenvalue weighted by Crippen LogP contribution is 2.20. The van der Waals surface area contributed by atoms with E-state index in [1.54, 1.807) is 24.3 Å². The second-order valence-corrected chi connectivity index (χ2v) is 4.46. The molecule has 2 rings (SSSR count). The van der Waals surface area contributed by atoms with E-state index in [2.05, 4.69) is 0 Å². The molecule has 0 aromatic heterocycles. The van der Waals surface area contributed by atoms with Crippen molar-refractivity contribution in [1.29, 1.82) is 0 Å². The lowest BCUT2D eigenvalue weighted by Gasteiger charge is -2.10. The van der Waals surface area contributed by atoms with E-state index in [9.17, 15) is 9.90 Å². The molecular weight excluding hydrogens is 256 g/mol. The Morgan fingerprint density at radius 1 is 1.05 bits per heavy atom. The van der Waals surface area contributed by atoms with Gasteiger partial charge in [-0.2, -0.15) is 0 Å². The van der Waals surface area contributed by atoms with Crippen LogP contribution in [0.25, 0.3) is 0 Å². The Morgan fingerprint density at radius 2 is 1.70 bits per heavy atom. The van der Waals surface area contributed by atoms with Gasteiger partial charge in [0.05, 0.1) is 12.5 Å². The van der Waals surface area contributed by atoms with Crippen LogP contribution < -0.4 is 4.74 Å². The van der Waals surface area contributed by atoms with Gasteiger partial charge in [-0.15, -0.1) is 0 Å². The van der Waals surface area contributed by atoms with Gasteiger partial charge in [0, 0.05) is 0 Å². The Bertz CT molecular complexity index is 548. The summed E-state index contributed by atoms with van der Waals surface area (Å²) in [5, 5.41) is 18.3. The van der Waals surface area contributed by atoms with Crippen LogP contribution in [0.3, 0.4) is 0 Å². The maximum absolute atomic E-state index is 10.5. The highest BCUT2D eigenvalue weighted by atomic mass is 16.5. The average molecular weight is 272 g/mol. The van der Waals surface area contributed by atoms with Crippen LogP contribution in [0.4, 0.5) is 0 Å². The maximum atomic E-state index is 10.5. The fourth-order valence-electron chi connectivity index (χ4n) is 1.81. The van der Waals surface area contributed by atoms with Crippen LogP contribution in [-0.4, -0.2) is 16.2 Å². The summed E-state index contributed by atoms with van der Waals surface area (Å²) in [6, 6.07) is 16.6. The largest absolute Gasteiger partial charge is 0.489 e. The van der Waals surface area contributed by atoms with Gasteiger partial charge in [-0.3, -0.25) is 4.79 Å². The lowest BCUT2D eigenvalue weighted by Crippen LogP contribution is -2.05. The molecule has 104 valence electrons. The molecule has 2 N–H and O–H groups in total. The van der Waals surface area contributed by atoms with E-state index in [1.165, 1.54) is 0 Å². The third-order valence-corrected chi connectivity index (χ3v) is 2.88. The number of hydrogen-bond donors (Lipinski definition) is 2. The van der Waals surface area contributed by atoms with E-state index >= 15 is 0 Å². The topological polar surface area (TPSA) is 66.8 Å². The summed E-state index contributed by atoms with van der Waals surface area (Å²) in [7, 11) is 0. The average Bonchev–Trinajstić information content (AvgIpc) is 2.46. The predicted octanol–water partition coefficient (Wildman–Crippen LogP) is 2.77. The summed E-state index contributed by atoms with van der Waals surface area (Å²) in [5.41, 5.74) is 1.64. The number of carboxylic acid groups (broad SMARTS) is 1. The van der Waals surface area contributed by atoms with Gasteiger partial charge in [0.2, 0.25) is 0 Å². The van der Waals surface area contributed by atoms with Crippen LogP contribution in [-0.2, 0) is 11.4 Å². The van der Waals surface area contributed by atoms with Gasteiger partial charge >= 0.3 is 5.97 Å². The lowest BCUT2D eigenvalue weighted by atomic mass is 10.1. The molecular formula is C16H16O4. The summed E-state index contributed by atoms with van der Waals surface area (Å²) in [6.07, 6.45) is -1.29. The van der Waals surface area contributed by atoms with E-state index in [1.807, 2.05) is 30.3 Å². The highest BCUT2D eigenvalue weighted by molar-refractivity contribution is 5.67. The number of hydrogen-bond acceptors (Lipinski definition) is 3. The maximum Gasteiger partial charge on any atom is 0.306 e. The molecule has 1 atom stereocenters. The summed E-state index contributed by atoms with van der Waals surface area (Å²) in [6.45, 7) is 0.470. The van der Waals surface area contributed by atoms with Crippen molar-refractivity contribution in [1.82, 2.24) is 0 Å². The van der Waals surface area contributed by atoms with E-state index in [0.29, 0.717) is 17.9 Å². The quantitative estimate of drug-likeness (QED) is 0.848. The van der Waals surface area contributed by atoms with E-state index in [0.717, 1.165) is 5.56 Å². The minimum Gasteiger partial charge on any atom is -0.489 e. The van der Waals surface area contributed by atoms with Crippen molar-refractivity contribution < 1.29 is 19.7 Å². The SMILES string of the molecule is O=C(O)C[C@@H](O)c1ccc(OCc2ccccc2)cc1. The third-order valence-electron chi connectivity index (χ3n) is 2.88. The first-order valence-electron chi connectivity index (χ1n) is 6.31. The molecule has 2 aromatic carbocycles. The fraction of sp³-hybridized carbons (Fsp3) is 0.188. The van der Waals surface area contributed by atoms with Gasteiger partial charge in [-0.05, 0) is 23.3 Å². The molecule has 0 saturated carbocycles. The molecule has 2 aromatic rings. The third kappa shape index (κ3) is 4.10. The molecule has 0 aliphatic carbocycles. The first-order chi connectivity index (χ1) is 9.65. The molecule has 4 nitrogen and oxygen atoms in total. The highest BCUT2D eigenvalue weighted by Gasteiger charge is 2.11. The standard InChI is InChI=1S/C16H16O4/c17-15(10-16(18)19)13-6-8-14(9-7-13)20-11-12-4-2-1-3-5-12/h1-9,15,17H,10-11H2,(H,18,19)/t15-/m1/s1. The van der Waals surface area contributed by atoms with Gasteiger partial charge in [0.1, 0.15) is 12.4 Å². The van der Waals surface area contributed by atoms with E-state index in [-0.39, 0.29) is 6.42 Å². The molecule has 0 amide bonds. The predicted molar refractivity (Wildman–Crippen MR) is 74.4 cm³/mol. The van der Waals surface area contributed by atoms with Crippen LogP contribution in [0.1, 0.15) is 23.7 Å². The van der Waals surface area contributed by atoms with Crippen molar-refractivity contribution >= 4 is 5.97 Å². The van der Waals surface area contributed by atoms with Gasteiger partial charge in [-0.25, -0.2) is 0 Å². The van der Waals surface area contributed by atoms with Crippen molar-refractivity contribution in [3.8, 4) is 5.75 Å². The molecule has 0 saturated heterocycles. The number of carboxylic acids is 1. The summed E-state index contributed by atoms with van der Waals surface area (Å²) in [5.74, 6) is -0.345. The second-order valence-electron chi connectivity index (χ2n) is 4.46. The minimum atomic E-state index is -1.03. The zero-order chi connectivity index (χ0) is 14.4. The minimum absolute atomic E-state index is 0.301. The van der Waals surface area contributed by atoms with Gasteiger partial charge in [-0.1, -0.05) is 42.5 Å². The zero-order valence-electron chi connectivity index (χ0n) is 10.9. The van der Waals surface area contributed by atoms with E-state index < -0.39 is 12.1 Å². The molecule has 0 heterocycles. The van der Waals surface area contributed by atoms with Crippen molar-refractivity contribution in [3.63, 3.8) is 0 Å². The summed E-state index contributed by atoms with van der Waals surface area (Å²) >= 11 is 0. The Kier molecular flexibility index (Phi) is 4.74. The molecule has 0 bridgehead atoms. The number of ether oxygens (including phenoxy) is 1. The van der Waals surface area contributed by atoms with Gasteiger partial charge in [0.25, 0.3) is 0 Å². The van der Waals surface area contributed by atoms with Gasteiger partial charge in [0.15, 0.2) is 0 Å². The fourth-order valence-corrected chi connectivity index (χ4v) is 1.81. The van der Waals surface area contributed by atoms with Crippen molar-refractivity contribution in [2.75, 3.05) is 0 Å². The van der Waals surface area contributed by atoms with Crippen molar-refractivity contribution in [3.05, 3.63) is 65.7 Å². The molecule has 0 radical (unpaired) electrons. The smallest absolute Gasteiger partial charge is 0.306 e. The monoisotopic (exact) mass is 272 g/mol. The molecule has 0 aliphatic heterocycles. The molecule has 0 unspecified atom stereocenters. The Hall–Kier alpha value is -2.33. The van der Waals surface area contributed by atoms with Crippen LogP contribution in [0, 0.1) is 0 Å². The molecule has 4 heteroatoms. The Balaban J connectivity index is 1.93. The van der Waals surface area contributed by atoms with Crippen molar-refractivity contribution in [2.45, 2.75) is 19.1 Å². The normalized spacial score (nSPS) is 11.8. The summed E-state index contributed by atoms with van der Waals surface area (Å²) < 4.78 is 5.61. The van der Waals surface area contributed by atoms with Gasteiger partial charge < -0.3 is 14.9 Å². The molecule has 0 aliphatic rings. The van der Waals surface area contributed by atoms with Crippen LogP contribution >= 0.6 is 0 Å². The Morgan fingerprint density at radius 3 is 2.30 bits per heavy atom. The first-order valence-corrected chi connectivity index (χ1v) is 6.31. The summed E-state index contributed by atoms with van der Waals surface area (Å²) in [4.78, 5) is 10.5. The molecule has 20 heavy (non-hydrogen) atoms. The van der Waals surface area contributed by atoms with Crippen LogP contribution in [0.2, 0.25) is 0 Å². The molecule has 0 spiro atoms. The Labute approximate surface area is 117 Å². The number of aliphatic hydroxyl groups is 1. The van der Waals surface area contributed by atoms with Crippen LogP contribution in [0.5, 0.6) is 5.75 Å². The first kappa shape index (κ1) is 14.1. The zero-order valence-corrected chi connectivity index (χ0v) is 10.9. The molecule has 0 fully saturated rings. The second kappa shape index (κ2) is 6.73. The number of rotatable bonds is 6. The van der Waals surface area contributed by atoms with Crippen LogP contribution in [0.15, 0.2) is 54.6 Å². The number of benzene rings is 2. The lowest BCUT2D eigenvalue weighted by molar-refractivity contribution is -0.139. The van der Waals surface area contributed by atoms with E-state index in [4.69, 9.17) is 9.84 Å². The van der Waals surface area contributed by atoms with Crippen molar-refractivity contribution in [2.24, 2.45) is 0 Å². The number of carbonyl (C=O) groups is 1. The number of aliphatic carboxylic acids is 1.